The van der Waals surface area contributed by atoms with E-state index in [2.05, 4.69) is 10.2 Å². The van der Waals surface area contributed by atoms with Crippen LogP contribution in [0.4, 0.5) is 0 Å². The van der Waals surface area contributed by atoms with Gasteiger partial charge in [0.2, 0.25) is 11.8 Å². The standard InChI is InChI=1S/C16H11ClN2O3/c1-9-3-2-4-12(13(9)17)15-19-18-14(22-15)10-5-7-11(8-6-10)16(20)21/h2-8H,1H3,(H,20,21). The fourth-order valence-corrected chi connectivity index (χ4v) is 2.22. The number of aromatic nitrogens is 2. The molecule has 2 aromatic carbocycles. The molecule has 0 radical (unpaired) electrons. The van der Waals surface area contributed by atoms with E-state index >= 15 is 0 Å². The summed E-state index contributed by atoms with van der Waals surface area (Å²) in [6, 6.07) is 11.8. The summed E-state index contributed by atoms with van der Waals surface area (Å²) in [6.45, 7) is 1.90. The number of carboxylic acids is 1. The van der Waals surface area contributed by atoms with Crippen molar-refractivity contribution in [3.8, 4) is 22.9 Å². The SMILES string of the molecule is Cc1cccc(-c2nnc(-c3ccc(C(=O)O)cc3)o2)c1Cl. The van der Waals surface area contributed by atoms with Gasteiger partial charge in [0.25, 0.3) is 0 Å². The van der Waals surface area contributed by atoms with E-state index < -0.39 is 5.97 Å². The molecule has 0 atom stereocenters. The molecule has 0 fully saturated rings. The molecule has 1 aromatic heterocycles. The molecule has 6 heteroatoms. The number of rotatable bonds is 3. The van der Waals surface area contributed by atoms with Crippen LogP contribution in [0.5, 0.6) is 0 Å². The van der Waals surface area contributed by atoms with Gasteiger partial charge in [-0.15, -0.1) is 10.2 Å². The molecule has 0 amide bonds. The fourth-order valence-electron chi connectivity index (χ4n) is 2.02. The number of carbonyl (C=O) groups is 1. The third-order valence-electron chi connectivity index (χ3n) is 3.23. The normalized spacial score (nSPS) is 10.6. The van der Waals surface area contributed by atoms with Crippen LogP contribution >= 0.6 is 11.6 Å². The lowest BCUT2D eigenvalue weighted by Gasteiger charge is -2.01. The summed E-state index contributed by atoms with van der Waals surface area (Å²) < 4.78 is 5.64. The quantitative estimate of drug-likeness (QED) is 0.788. The van der Waals surface area contributed by atoms with Gasteiger partial charge >= 0.3 is 5.97 Å². The molecule has 22 heavy (non-hydrogen) atoms. The lowest BCUT2D eigenvalue weighted by Crippen LogP contribution is -1.94. The predicted molar refractivity (Wildman–Crippen MR) is 81.9 cm³/mol. The van der Waals surface area contributed by atoms with Crippen molar-refractivity contribution in [2.75, 3.05) is 0 Å². The lowest BCUT2D eigenvalue weighted by atomic mass is 10.1. The number of benzene rings is 2. The van der Waals surface area contributed by atoms with Gasteiger partial charge in [-0.2, -0.15) is 0 Å². The highest BCUT2D eigenvalue weighted by Gasteiger charge is 2.14. The van der Waals surface area contributed by atoms with E-state index in [1.165, 1.54) is 12.1 Å². The average molecular weight is 315 g/mol. The molecule has 0 saturated heterocycles. The summed E-state index contributed by atoms with van der Waals surface area (Å²) >= 11 is 6.25. The third-order valence-corrected chi connectivity index (χ3v) is 3.73. The van der Waals surface area contributed by atoms with Crippen molar-refractivity contribution in [3.05, 3.63) is 58.6 Å². The van der Waals surface area contributed by atoms with Gasteiger partial charge in [-0.25, -0.2) is 4.79 Å². The molecule has 0 aliphatic heterocycles. The summed E-state index contributed by atoms with van der Waals surface area (Å²) in [5.74, 6) is -0.347. The minimum Gasteiger partial charge on any atom is -0.478 e. The lowest BCUT2D eigenvalue weighted by molar-refractivity contribution is 0.0697. The zero-order chi connectivity index (χ0) is 15.7. The number of hydrogen-bond acceptors (Lipinski definition) is 4. The van der Waals surface area contributed by atoms with Crippen LogP contribution in [0.15, 0.2) is 46.9 Å². The first-order valence-electron chi connectivity index (χ1n) is 6.49. The second-order valence-electron chi connectivity index (χ2n) is 4.73. The van der Waals surface area contributed by atoms with Gasteiger partial charge in [0.15, 0.2) is 0 Å². The van der Waals surface area contributed by atoms with Gasteiger partial charge in [-0.05, 0) is 42.8 Å². The van der Waals surface area contributed by atoms with Crippen molar-refractivity contribution in [2.24, 2.45) is 0 Å². The van der Waals surface area contributed by atoms with Crippen LogP contribution < -0.4 is 0 Å². The Morgan fingerprint density at radius 1 is 1.09 bits per heavy atom. The van der Waals surface area contributed by atoms with Gasteiger partial charge in [0, 0.05) is 5.56 Å². The van der Waals surface area contributed by atoms with Crippen molar-refractivity contribution >= 4 is 17.6 Å². The number of carboxylic acid groups (broad SMARTS) is 1. The van der Waals surface area contributed by atoms with Gasteiger partial charge in [0.1, 0.15) is 0 Å². The second kappa shape index (κ2) is 5.61. The Balaban J connectivity index is 1.97. The number of halogens is 1. The average Bonchev–Trinajstić information content (AvgIpc) is 3.00. The predicted octanol–water partition coefficient (Wildman–Crippen LogP) is 4.06. The maximum absolute atomic E-state index is 10.8. The fraction of sp³-hybridized carbons (Fsp3) is 0.0625. The van der Waals surface area contributed by atoms with E-state index in [0.717, 1.165) is 5.56 Å². The zero-order valence-corrected chi connectivity index (χ0v) is 12.3. The summed E-state index contributed by atoms with van der Waals surface area (Å²) in [5, 5.41) is 17.4. The van der Waals surface area contributed by atoms with E-state index in [9.17, 15) is 4.79 Å². The Morgan fingerprint density at radius 2 is 1.77 bits per heavy atom. The highest BCUT2D eigenvalue weighted by atomic mass is 35.5. The summed E-state index contributed by atoms with van der Waals surface area (Å²) in [5.41, 5.74) is 2.44. The summed E-state index contributed by atoms with van der Waals surface area (Å²) in [7, 11) is 0. The molecule has 3 rings (SSSR count). The van der Waals surface area contributed by atoms with Crippen LogP contribution in [0.3, 0.4) is 0 Å². The molecule has 0 aliphatic rings. The molecule has 1 N–H and O–H groups in total. The van der Waals surface area contributed by atoms with E-state index in [4.69, 9.17) is 21.1 Å². The van der Waals surface area contributed by atoms with Crippen molar-refractivity contribution in [2.45, 2.75) is 6.92 Å². The summed E-state index contributed by atoms with van der Waals surface area (Å²) in [6.07, 6.45) is 0. The van der Waals surface area contributed by atoms with Gasteiger partial charge in [0.05, 0.1) is 16.1 Å². The van der Waals surface area contributed by atoms with Crippen LogP contribution in [0, 0.1) is 6.92 Å². The second-order valence-corrected chi connectivity index (χ2v) is 5.11. The van der Waals surface area contributed by atoms with E-state index in [-0.39, 0.29) is 5.56 Å². The minimum atomic E-state index is -0.982. The first kappa shape index (κ1) is 14.3. The number of nitrogens with zero attached hydrogens (tertiary/aromatic N) is 2. The molecule has 0 unspecified atom stereocenters. The topological polar surface area (TPSA) is 76.2 Å². The zero-order valence-electron chi connectivity index (χ0n) is 11.6. The summed E-state index contributed by atoms with van der Waals surface area (Å²) in [4.78, 5) is 10.8. The Hall–Kier alpha value is -2.66. The molecule has 110 valence electrons. The molecule has 0 bridgehead atoms. The van der Waals surface area contributed by atoms with Gasteiger partial charge in [-0.3, -0.25) is 0 Å². The van der Waals surface area contributed by atoms with Crippen molar-refractivity contribution in [1.82, 2.24) is 10.2 Å². The molecule has 3 aromatic rings. The van der Waals surface area contributed by atoms with Crippen LogP contribution in [-0.4, -0.2) is 21.3 Å². The van der Waals surface area contributed by atoms with Crippen LogP contribution in [0.25, 0.3) is 22.9 Å². The molecule has 0 spiro atoms. The van der Waals surface area contributed by atoms with E-state index in [1.54, 1.807) is 18.2 Å². The molecule has 0 aliphatic carbocycles. The van der Waals surface area contributed by atoms with Crippen molar-refractivity contribution < 1.29 is 14.3 Å². The maximum Gasteiger partial charge on any atom is 0.335 e. The van der Waals surface area contributed by atoms with E-state index in [0.29, 0.717) is 27.9 Å². The molecular weight excluding hydrogens is 304 g/mol. The molecule has 5 nitrogen and oxygen atoms in total. The van der Waals surface area contributed by atoms with Crippen molar-refractivity contribution in [1.29, 1.82) is 0 Å². The number of hydrogen-bond donors (Lipinski definition) is 1. The number of aryl methyl sites for hydroxylation is 1. The first-order chi connectivity index (χ1) is 10.6. The highest BCUT2D eigenvalue weighted by molar-refractivity contribution is 6.33. The van der Waals surface area contributed by atoms with E-state index in [1.807, 2.05) is 19.1 Å². The van der Waals surface area contributed by atoms with Crippen LogP contribution in [-0.2, 0) is 0 Å². The maximum atomic E-state index is 10.8. The highest BCUT2D eigenvalue weighted by Crippen LogP contribution is 2.31. The molecule has 1 heterocycles. The first-order valence-corrected chi connectivity index (χ1v) is 6.87. The monoisotopic (exact) mass is 314 g/mol. The Bertz CT molecular complexity index is 841. The molecular formula is C16H11ClN2O3. The third kappa shape index (κ3) is 2.58. The minimum absolute atomic E-state index is 0.199. The van der Waals surface area contributed by atoms with Crippen LogP contribution in [0.1, 0.15) is 15.9 Å². The van der Waals surface area contributed by atoms with Gasteiger partial charge in [-0.1, -0.05) is 23.7 Å². The Labute approximate surface area is 131 Å². The molecule has 0 saturated carbocycles. The van der Waals surface area contributed by atoms with Crippen LogP contribution in [0.2, 0.25) is 5.02 Å². The Kier molecular flexibility index (Phi) is 3.65. The Morgan fingerprint density at radius 3 is 2.45 bits per heavy atom. The number of aromatic carboxylic acids is 1. The smallest absolute Gasteiger partial charge is 0.335 e. The van der Waals surface area contributed by atoms with Crippen molar-refractivity contribution in [3.63, 3.8) is 0 Å². The van der Waals surface area contributed by atoms with Gasteiger partial charge < -0.3 is 9.52 Å². The largest absolute Gasteiger partial charge is 0.478 e.